The summed E-state index contributed by atoms with van der Waals surface area (Å²) in [4.78, 5) is 0. The van der Waals surface area contributed by atoms with Crippen LogP contribution in [0.15, 0.2) is 182 Å². The van der Waals surface area contributed by atoms with Gasteiger partial charge in [-0.1, -0.05) is 107 Å². The number of benzene rings is 6. The van der Waals surface area contributed by atoms with Crippen molar-refractivity contribution in [3.05, 3.63) is 182 Å². The summed E-state index contributed by atoms with van der Waals surface area (Å²) in [5.41, 5.74) is 0. The van der Waals surface area contributed by atoms with E-state index in [9.17, 15) is 0 Å². The van der Waals surface area contributed by atoms with Crippen molar-refractivity contribution in [2.45, 2.75) is 0 Å². The Kier molecular flexibility index (Phi) is 9.40. The summed E-state index contributed by atoms with van der Waals surface area (Å²) in [7, 11) is -0.877. The molecule has 0 N–H and O–H groups in total. The Hall–Kier alpha value is -3.66. The molecule has 2 heteroatoms. The van der Waals surface area contributed by atoms with Gasteiger partial charge in [-0.3, -0.25) is 0 Å². The Bertz CT molecular complexity index is 1170. The molecule has 38 heavy (non-hydrogen) atoms. The monoisotopic (exact) mass is 610 g/mol. The molecule has 0 aliphatic carbocycles. The Balaban J connectivity index is 0.000000155. The summed E-state index contributed by atoms with van der Waals surface area (Å²) in [6, 6.07) is 65.4. The fourth-order valence-electron chi connectivity index (χ4n) is 4.63. The van der Waals surface area contributed by atoms with Crippen LogP contribution in [0.25, 0.3) is 0 Å². The van der Waals surface area contributed by atoms with Gasteiger partial charge in [0.1, 0.15) is 0 Å². The van der Waals surface area contributed by atoms with Crippen LogP contribution in [0.1, 0.15) is 0 Å². The largest absolute Gasteiger partial charge is 0.154 e. The van der Waals surface area contributed by atoms with Crippen molar-refractivity contribution >= 4 is 54.9 Å². The maximum Gasteiger partial charge on any atom is 0.154 e. The van der Waals surface area contributed by atoms with Gasteiger partial charge < -0.3 is 0 Å². The molecule has 0 aliphatic heterocycles. The van der Waals surface area contributed by atoms with E-state index in [4.69, 9.17) is 0 Å². The molecule has 0 bridgehead atoms. The maximum atomic E-state index is 2.29. The standard InChI is InChI=1S/C18H15Si.3C6H5.Sn/c1-4-10-16(11-5-1)19(17-12-6-2-7-13-17)18-14-8-3-9-15-18;3*1-2-4-6-5-3-1;/h1-15H;3*1-5H;. The average Bonchev–Trinajstić information content (AvgIpc) is 3.01. The van der Waals surface area contributed by atoms with E-state index >= 15 is 0 Å². The molecule has 2 radical (unpaired) electrons. The summed E-state index contributed by atoms with van der Waals surface area (Å²) >= 11 is -1.98. The van der Waals surface area contributed by atoms with Crippen LogP contribution in [0, 0.1) is 0 Å². The molecule has 182 valence electrons. The third kappa shape index (κ3) is 6.80. The van der Waals surface area contributed by atoms with E-state index in [2.05, 4.69) is 182 Å². The zero-order valence-corrected chi connectivity index (χ0v) is 25.2. The molecule has 6 rings (SSSR count). The van der Waals surface area contributed by atoms with Crippen LogP contribution in [0.5, 0.6) is 0 Å². The van der Waals surface area contributed by atoms with Crippen LogP contribution in [-0.4, -0.2) is 28.6 Å². The number of hydrogen-bond donors (Lipinski definition) is 0. The zero-order valence-electron chi connectivity index (χ0n) is 21.3. The number of hydrogen-bond acceptors (Lipinski definition) is 0. The van der Waals surface area contributed by atoms with E-state index < -0.39 is 28.6 Å². The van der Waals surface area contributed by atoms with Crippen molar-refractivity contribution in [1.29, 1.82) is 0 Å². The predicted molar refractivity (Wildman–Crippen MR) is 168 cm³/mol. The molecule has 0 atom stereocenters. The second kappa shape index (κ2) is 13.8. The third-order valence-corrected chi connectivity index (χ3v) is 16.9. The van der Waals surface area contributed by atoms with Gasteiger partial charge in [0.25, 0.3) is 0 Å². The molecule has 0 aromatic heterocycles. The molecule has 0 unspecified atom stereocenters. The van der Waals surface area contributed by atoms with Gasteiger partial charge in [-0.05, 0) is 0 Å². The molecule has 6 aromatic carbocycles. The molecule has 6 aromatic rings. The maximum absolute atomic E-state index is 2.29. The van der Waals surface area contributed by atoms with Crippen molar-refractivity contribution in [2.75, 3.05) is 0 Å². The first-order valence-electron chi connectivity index (χ1n) is 13.0. The zero-order chi connectivity index (χ0) is 25.8. The van der Waals surface area contributed by atoms with Crippen LogP contribution in [-0.2, 0) is 0 Å². The van der Waals surface area contributed by atoms with Crippen LogP contribution < -0.4 is 26.3 Å². The van der Waals surface area contributed by atoms with Crippen LogP contribution in [0.4, 0.5) is 0 Å². The topological polar surface area (TPSA) is 0 Å². The minimum absolute atomic E-state index is 0.877. The van der Waals surface area contributed by atoms with Gasteiger partial charge in [-0.2, -0.15) is 0 Å². The van der Waals surface area contributed by atoms with Crippen molar-refractivity contribution in [2.24, 2.45) is 0 Å². The fraction of sp³-hybridized carbons (Fsp3) is 0. The van der Waals surface area contributed by atoms with E-state index in [0.29, 0.717) is 0 Å². The molecule has 0 spiro atoms. The van der Waals surface area contributed by atoms with E-state index in [1.54, 1.807) is 0 Å². The molecular weight excluding hydrogens is 579 g/mol. The Morgan fingerprint density at radius 3 is 0.711 bits per heavy atom. The van der Waals surface area contributed by atoms with E-state index in [1.807, 2.05) is 0 Å². The van der Waals surface area contributed by atoms with Gasteiger partial charge in [0.05, 0.1) is 0 Å². The Morgan fingerprint density at radius 2 is 0.474 bits per heavy atom. The second-order valence-corrected chi connectivity index (χ2v) is 18.5. The second-order valence-electron chi connectivity index (χ2n) is 8.95. The Morgan fingerprint density at radius 1 is 0.263 bits per heavy atom. The minimum atomic E-state index is -1.98. The first-order chi connectivity index (χ1) is 18.9. The molecular formula is C36H30SiSn. The van der Waals surface area contributed by atoms with Crippen LogP contribution in [0.3, 0.4) is 0 Å². The molecule has 0 amide bonds. The van der Waals surface area contributed by atoms with Crippen molar-refractivity contribution in [3.63, 3.8) is 0 Å². The molecule has 0 saturated heterocycles. The quantitative estimate of drug-likeness (QED) is 0.194. The molecule has 0 saturated carbocycles. The normalized spacial score (nSPS) is 10.6. The summed E-state index contributed by atoms with van der Waals surface area (Å²) in [6.07, 6.45) is 0. The van der Waals surface area contributed by atoms with Crippen molar-refractivity contribution in [3.8, 4) is 0 Å². The Labute approximate surface area is 235 Å². The van der Waals surface area contributed by atoms with E-state index in [-0.39, 0.29) is 0 Å². The van der Waals surface area contributed by atoms with Crippen LogP contribution >= 0.6 is 0 Å². The first-order valence-corrected chi connectivity index (χ1v) is 18.7. The van der Waals surface area contributed by atoms with E-state index in [1.165, 1.54) is 26.3 Å². The van der Waals surface area contributed by atoms with Crippen molar-refractivity contribution < 1.29 is 0 Å². The third-order valence-electron chi connectivity index (χ3n) is 6.37. The summed E-state index contributed by atoms with van der Waals surface area (Å²) in [5.74, 6) is 0. The summed E-state index contributed by atoms with van der Waals surface area (Å²) in [5, 5.41) is 4.31. The van der Waals surface area contributed by atoms with Gasteiger partial charge >= 0.3 is 121 Å². The molecule has 0 aliphatic rings. The van der Waals surface area contributed by atoms with Gasteiger partial charge in [-0.15, -0.1) is 0 Å². The first kappa shape index (κ1) is 26.0. The average molecular weight is 609 g/mol. The van der Waals surface area contributed by atoms with Gasteiger partial charge in [0, 0.05) is 0 Å². The summed E-state index contributed by atoms with van der Waals surface area (Å²) in [6.45, 7) is 0. The van der Waals surface area contributed by atoms with Gasteiger partial charge in [0.2, 0.25) is 0 Å². The smallest absolute Gasteiger partial charge is 0.0624 e. The SMILES string of the molecule is c1cc[c]([Sn]([c]2ccccc2)[c]2ccccc2)cc1.c1ccc([Si](c2ccccc2)c2ccccc2)cc1. The van der Waals surface area contributed by atoms with E-state index in [0.717, 1.165) is 0 Å². The van der Waals surface area contributed by atoms with Gasteiger partial charge in [0.15, 0.2) is 8.80 Å². The van der Waals surface area contributed by atoms with Crippen LogP contribution in [0.2, 0.25) is 0 Å². The van der Waals surface area contributed by atoms with Gasteiger partial charge in [-0.25, -0.2) is 0 Å². The molecule has 0 fully saturated rings. The minimum Gasteiger partial charge on any atom is -0.0624 e. The molecule has 0 heterocycles. The van der Waals surface area contributed by atoms with Crippen molar-refractivity contribution in [1.82, 2.24) is 0 Å². The summed E-state index contributed by atoms with van der Waals surface area (Å²) < 4.78 is 4.59. The fourth-order valence-corrected chi connectivity index (χ4v) is 14.6. The predicted octanol–water partition coefficient (Wildman–Crippen LogP) is 4.41. The molecule has 0 nitrogen and oxygen atoms in total. The number of rotatable bonds is 6.